The summed E-state index contributed by atoms with van der Waals surface area (Å²) in [6, 6.07) is 13.9. The first-order chi connectivity index (χ1) is 11.0. The molecule has 0 aliphatic heterocycles. The smallest absolute Gasteiger partial charge is 0.115 e. The van der Waals surface area contributed by atoms with Crippen LogP contribution in [0.25, 0.3) is 0 Å². The molecule has 0 fully saturated rings. The van der Waals surface area contributed by atoms with E-state index in [2.05, 4.69) is 0 Å². The molecule has 0 heterocycles. The monoisotopic (exact) mass is 316 g/mol. The Morgan fingerprint density at radius 1 is 0.609 bits per heavy atom. The van der Waals surface area contributed by atoms with Gasteiger partial charge in [-0.2, -0.15) is 0 Å². The van der Waals surface area contributed by atoms with Gasteiger partial charge in [-0.05, 0) is 67.5 Å². The molecule has 0 spiro atoms. The molecule has 2 rings (SSSR count). The molecule has 124 valence electrons. The molecule has 2 aromatic rings. The zero-order chi connectivity index (χ0) is 16.7. The van der Waals surface area contributed by atoms with E-state index in [0.717, 1.165) is 11.1 Å². The van der Waals surface area contributed by atoms with Gasteiger partial charge in [0.1, 0.15) is 11.5 Å². The summed E-state index contributed by atoms with van der Waals surface area (Å²) in [6.07, 6.45) is 1.87. The number of rotatable bonds is 8. The Morgan fingerprint density at radius 3 is 1.30 bits per heavy atom. The Kier molecular flexibility index (Phi) is 6.44. The lowest BCUT2D eigenvalue weighted by molar-refractivity contribution is 0.0714. The topological polar surface area (TPSA) is 80.9 Å². The fourth-order valence-electron chi connectivity index (χ4n) is 2.54. The van der Waals surface area contributed by atoms with Gasteiger partial charge < -0.3 is 20.4 Å². The molecule has 4 N–H and O–H groups in total. The van der Waals surface area contributed by atoms with Gasteiger partial charge in [0, 0.05) is 0 Å². The van der Waals surface area contributed by atoms with Gasteiger partial charge in [0.15, 0.2) is 0 Å². The van der Waals surface area contributed by atoms with Gasteiger partial charge in [0.25, 0.3) is 0 Å². The van der Waals surface area contributed by atoms with Crippen molar-refractivity contribution < 1.29 is 20.4 Å². The Morgan fingerprint density at radius 2 is 0.957 bits per heavy atom. The summed E-state index contributed by atoms with van der Waals surface area (Å²) < 4.78 is 0. The minimum atomic E-state index is -0.543. The van der Waals surface area contributed by atoms with Crippen LogP contribution in [0, 0.1) is 0 Å². The number of phenolic OH excluding ortho intramolecular Hbond substituents is 2. The van der Waals surface area contributed by atoms with Gasteiger partial charge in [0.2, 0.25) is 0 Å². The number of aromatic hydroxyl groups is 2. The normalized spacial score (nSPS) is 13.7. The second-order valence-electron chi connectivity index (χ2n) is 5.95. The zero-order valence-electron chi connectivity index (χ0n) is 13.1. The highest BCUT2D eigenvalue weighted by atomic mass is 16.3. The van der Waals surface area contributed by atoms with Crippen molar-refractivity contribution in [3.8, 4) is 11.5 Å². The SMILES string of the molecule is Oc1ccc(CCC(O)C[C@@H](O)CCc2ccc(O)cc2)cc1. The minimum Gasteiger partial charge on any atom is -0.508 e. The molecule has 0 aliphatic rings. The van der Waals surface area contributed by atoms with Crippen LogP contribution in [-0.2, 0) is 12.8 Å². The van der Waals surface area contributed by atoms with E-state index < -0.39 is 12.2 Å². The lowest BCUT2D eigenvalue weighted by atomic mass is 9.99. The molecule has 1 unspecified atom stereocenters. The molecule has 23 heavy (non-hydrogen) atoms. The fourth-order valence-corrected chi connectivity index (χ4v) is 2.54. The van der Waals surface area contributed by atoms with Crippen molar-refractivity contribution in [1.82, 2.24) is 0 Å². The first kappa shape index (κ1) is 17.3. The van der Waals surface area contributed by atoms with Crippen molar-refractivity contribution in [1.29, 1.82) is 0 Å². The molecule has 0 amide bonds. The third-order valence-electron chi connectivity index (χ3n) is 3.95. The van der Waals surface area contributed by atoms with E-state index in [0.29, 0.717) is 32.1 Å². The van der Waals surface area contributed by atoms with Crippen molar-refractivity contribution in [3.63, 3.8) is 0 Å². The van der Waals surface area contributed by atoms with Crippen LogP contribution in [0.1, 0.15) is 30.4 Å². The van der Waals surface area contributed by atoms with E-state index in [-0.39, 0.29) is 11.5 Å². The molecule has 0 aliphatic carbocycles. The Balaban J connectivity index is 1.68. The Bertz CT molecular complexity index is 524. The molecular weight excluding hydrogens is 292 g/mol. The highest BCUT2D eigenvalue weighted by Crippen LogP contribution is 2.16. The number of phenols is 2. The summed E-state index contributed by atoms with van der Waals surface area (Å²) in [5.41, 5.74) is 2.11. The molecule has 0 aromatic heterocycles. The third kappa shape index (κ3) is 6.30. The number of hydrogen-bond donors (Lipinski definition) is 4. The van der Waals surface area contributed by atoms with Crippen LogP contribution in [-0.4, -0.2) is 32.6 Å². The summed E-state index contributed by atoms with van der Waals surface area (Å²) in [5, 5.41) is 38.5. The second kappa shape index (κ2) is 8.56. The van der Waals surface area contributed by atoms with Gasteiger partial charge in [0.05, 0.1) is 12.2 Å². The molecule has 0 radical (unpaired) electrons. The number of hydrogen-bond acceptors (Lipinski definition) is 4. The van der Waals surface area contributed by atoms with Crippen molar-refractivity contribution in [2.45, 2.75) is 44.3 Å². The van der Waals surface area contributed by atoms with Crippen LogP contribution in [0.5, 0.6) is 11.5 Å². The van der Waals surface area contributed by atoms with Gasteiger partial charge in [-0.15, -0.1) is 0 Å². The van der Waals surface area contributed by atoms with E-state index in [9.17, 15) is 20.4 Å². The van der Waals surface area contributed by atoms with E-state index in [1.54, 1.807) is 24.3 Å². The van der Waals surface area contributed by atoms with Gasteiger partial charge in [-0.3, -0.25) is 0 Å². The molecule has 0 saturated heterocycles. The summed E-state index contributed by atoms with van der Waals surface area (Å²) in [4.78, 5) is 0. The van der Waals surface area contributed by atoms with Crippen LogP contribution < -0.4 is 0 Å². The summed E-state index contributed by atoms with van der Waals surface area (Å²) in [6.45, 7) is 0. The minimum absolute atomic E-state index is 0.235. The van der Waals surface area contributed by atoms with E-state index >= 15 is 0 Å². The van der Waals surface area contributed by atoms with Gasteiger partial charge >= 0.3 is 0 Å². The van der Waals surface area contributed by atoms with Crippen LogP contribution >= 0.6 is 0 Å². The summed E-state index contributed by atoms with van der Waals surface area (Å²) >= 11 is 0. The lowest BCUT2D eigenvalue weighted by Gasteiger charge is -2.16. The summed E-state index contributed by atoms with van der Waals surface area (Å²) in [7, 11) is 0. The molecule has 4 nitrogen and oxygen atoms in total. The number of aliphatic hydroxyl groups excluding tert-OH is 2. The summed E-state index contributed by atoms with van der Waals surface area (Å²) in [5.74, 6) is 0.470. The van der Waals surface area contributed by atoms with Gasteiger partial charge in [-0.1, -0.05) is 24.3 Å². The first-order valence-corrected chi connectivity index (χ1v) is 7.95. The second-order valence-corrected chi connectivity index (χ2v) is 5.95. The molecule has 4 heteroatoms. The van der Waals surface area contributed by atoms with Gasteiger partial charge in [-0.25, -0.2) is 0 Å². The molecule has 2 atom stereocenters. The average Bonchev–Trinajstić information content (AvgIpc) is 2.54. The van der Waals surface area contributed by atoms with Crippen molar-refractivity contribution in [2.75, 3.05) is 0 Å². The largest absolute Gasteiger partial charge is 0.508 e. The molecular formula is C19H24O4. The maximum atomic E-state index is 10.0. The van der Waals surface area contributed by atoms with Crippen LogP contribution in [0.4, 0.5) is 0 Å². The fraction of sp³-hybridized carbons (Fsp3) is 0.368. The highest BCUT2D eigenvalue weighted by Gasteiger charge is 2.12. The van der Waals surface area contributed by atoms with Crippen LogP contribution in [0.2, 0.25) is 0 Å². The third-order valence-corrected chi connectivity index (χ3v) is 3.95. The van der Waals surface area contributed by atoms with E-state index in [1.165, 1.54) is 0 Å². The van der Waals surface area contributed by atoms with E-state index in [4.69, 9.17) is 0 Å². The predicted molar refractivity (Wildman–Crippen MR) is 89.5 cm³/mol. The first-order valence-electron chi connectivity index (χ1n) is 7.95. The number of benzene rings is 2. The molecule has 0 bridgehead atoms. The molecule has 0 saturated carbocycles. The van der Waals surface area contributed by atoms with Crippen LogP contribution in [0.15, 0.2) is 48.5 Å². The highest BCUT2D eigenvalue weighted by molar-refractivity contribution is 5.26. The van der Waals surface area contributed by atoms with Crippen molar-refractivity contribution >= 4 is 0 Å². The van der Waals surface area contributed by atoms with Crippen LogP contribution in [0.3, 0.4) is 0 Å². The lowest BCUT2D eigenvalue weighted by Crippen LogP contribution is -2.19. The molecule has 2 aromatic carbocycles. The number of aliphatic hydroxyl groups is 2. The average molecular weight is 316 g/mol. The maximum absolute atomic E-state index is 10.0. The Hall–Kier alpha value is -2.04. The zero-order valence-corrected chi connectivity index (χ0v) is 13.1. The van der Waals surface area contributed by atoms with E-state index in [1.807, 2.05) is 24.3 Å². The Labute approximate surface area is 136 Å². The predicted octanol–water partition coefficient (Wildman–Crippen LogP) is 2.78. The standard InChI is InChI=1S/C19H24O4/c20-16-7-1-14(2-8-16)5-11-18(22)13-19(23)12-6-15-3-9-17(21)10-4-15/h1-4,7-10,18-23H,5-6,11-13H2/t18-,19?/m0/s1. The maximum Gasteiger partial charge on any atom is 0.115 e. The number of aryl methyl sites for hydroxylation is 2. The van der Waals surface area contributed by atoms with Crippen molar-refractivity contribution in [2.24, 2.45) is 0 Å². The quantitative estimate of drug-likeness (QED) is 0.604. The van der Waals surface area contributed by atoms with Crippen molar-refractivity contribution in [3.05, 3.63) is 59.7 Å².